The van der Waals surface area contributed by atoms with Gasteiger partial charge < -0.3 is 5.11 Å². The van der Waals surface area contributed by atoms with Crippen LogP contribution in [0.3, 0.4) is 0 Å². The molecule has 1 atom stereocenters. The van der Waals surface area contributed by atoms with E-state index in [1.807, 2.05) is 0 Å². The van der Waals surface area contributed by atoms with Crippen LogP contribution < -0.4 is 0 Å². The number of rotatable bonds is 3. The zero-order valence-corrected chi connectivity index (χ0v) is 9.82. The predicted molar refractivity (Wildman–Crippen MR) is 57.6 cm³/mol. The fourth-order valence-corrected chi connectivity index (χ4v) is 3.72. The molecule has 0 aromatic carbocycles. The Hall–Kier alpha value is -0.660. The van der Waals surface area contributed by atoms with Crippen molar-refractivity contribution in [1.82, 2.24) is 9.21 Å². The van der Waals surface area contributed by atoms with Gasteiger partial charge in [-0.3, -0.25) is 9.69 Å². The molecule has 0 aromatic heterocycles. The van der Waals surface area contributed by atoms with Crippen LogP contribution in [-0.2, 0) is 14.8 Å². The highest BCUT2D eigenvalue weighted by molar-refractivity contribution is 7.89. The fraction of sp³-hybridized carbons (Fsp3) is 0.889. The van der Waals surface area contributed by atoms with Gasteiger partial charge in [-0.2, -0.15) is 4.31 Å². The summed E-state index contributed by atoms with van der Waals surface area (Å²) in [5, 5.41) is 8.55. The zero-order valence-electron chi connectivity index (χ0n) is 9.00. The molecule has 16 heavy (non-hydrogen) atoms. The van der Waals surface area contributed by atoms with Gasteiger partial charge in [0.25, 0.3) is 0 Å². The number of hydrogen-bond donors (Lipinski definition) is 1. The average Bonchev–Trinajstić information content (AvgIpc) is 2.61. The lowest BCUT2D eigenvalue weighted by atomic mass is 10.2. The second-order valence-corrected chi connectivity index (χ2v) is 6.31. The van der Waals surface area contributed by atoms with Crippen molar-refractivity contribution in [2.45, 2.75) is 18.9 Å². The molecule has 7 heteroatoms. The first-order valence-corrected chi connectivity index (χ1v) is 7.03. The lowest BCUT2D eigenvalue weighted by molar-refractivity contribution is -0.134. The Morgan fingerprint density at radius 3 is 2.75 bits per heavy atom. The Kier molecular flexibility index (Phi) is 3.18. The van der Waals surface area contributed by atoms with Crippen LogP contribution in [-0.4, -0.2) is 66.7 Å². The molecule has 2 fully saturated rings. The third-order valence-corrected chi connectivity index (χ3v) is 4.98. The third-order valence-electron chi connectivity index (χ3n) is 3.25. The molecule has 0 saturated carbocycles. The van der Waals surface area contributed by atoms with Gasteiger partial charge in [0.15, 0.2) is 5.75 Å². The van der Waals surface area contributed by atoms with E-state index in [9.17, 15) is 13.2 Å². The number of carboxylic acid groups (broad SMARTS) is 1. The van der Waals surface area contributed by atoms with E-state index >= 15 is 0 Å². The standard InChI is InChI=1S/C9H16N2O4S/c12-9(13)7-16(14,15)11-5-4-10-3-1-2-8(10)6-11/h8H,1-7H2,(H,12,13). The van der Waals surface area contributed by atoms with Crippen LogP contribution in [0.5, 0.6) is 0 Å². The molecular weight excluding hydrogens is 232 g/mol. The van der Waals surface area contributed by atoms with Gasteiger partial charge in [0.1, 0.15) is 0 Å². The summed E-state index contributed by atoms with van der Waals surface area (Å²) in [6, 6.07) is 0.289. The van der Waals surface area contributed by atoms with E-state index in [0.717, 1.165) is 25.9 Å². The SMILES string of the molecule is O=C(O)CS(=O)(=O)N1CCN2CCCC2C1. The van der Waals surface area contributed by atoms with Gasteiger partial charge in [-0.1, -0.05) is 0 Å². The Labute approximate surface area is 94.9 Å². The van der Waals surface area contributed by atoms with E-state index in [4.69, 9.17) is 5.11 Å². The minimum absolute atomic E-state index is 0.289. The van der Waals surface area contributed by atoms with Crippen LogP contribution in [0.15, 0.2) is 0 Å². The first kappa shape index (κ1) is 11.8. The first-order valence-electron chi connectivity index (χ1n) is 5.43. The van der Waals surface area contributed by atoms with Crippen LogP contribution >= 0.6 is 0 Å². The average molecular weight is 248 g/mol. The van der Waals surface area contributed by atoms with Gasteiger partial charge in [-0.25, -0.2) is 8.42 Å². The van der Waals surface area contributed by atoms with Crippen molar-refractivity contribution < 1.29 is 18.3 Å². The van der Waals surface area contributed by atoms with Crippen LogP contribution in [0.25, 0.3) is 0 Å². The number of sulfonamides is 1. The predicted octanol–water partition coefficient (Wildman–Crippen LogP) is -0.819. The highest BCUT2D eigenvalue weighted by atomic mass is 32.2. The van der Waals surface area contributed by atoms with Gasteiger partial charge in [0.05, 0.1) is 0 Å². The van der Waals surface area contributed by atoms with Gasteiger partial charge in [0.2, 0.25) is 10.0 Å². The fourth-order valence-electron chi connectivity index (χ4n) is 2.46. The number of hydrogen-bond acceptors (Lipinski definition) is 4. The second-order valence-electron chi connectivity index (χ2n) is 4.34. The summed E-state index contributed by atoms with van der Waals surface area (Å²) in [7, 11) is -3.61. The molecule has 2 aliphatic heterocycles. The van der Waals surface area contributed by atoms with E-state index in [1.54, 1.807) is 0 Å². The van der Waals surface area contributed by atoms with Crippen molar-refractivity contribution in [1.29, 1.82) is 0 Å². The molecule has 2 heterocycles. The topological polar surface area (TPSA) is 77.9 Å². The van der Waals surface area contributed by atoms with Crippen molar-refractivity contribution in [3.63, 3.8) is 0 Å². The van der Waals surface area contributed by atoms with Crippen molar-refractivity contribution in [3.8, 4) is 0 Å². The Morgan fingerprint density at radius 2 is 2.06 bits per heavy atom. The number of carbonyl (C=O) groups is 1. The number of aliphatic carboxylic acids is 1. The molecule has 0 radical (unpaired) electrons. The summed E-state index contributed by atoms with van der Waals surface area (Å²) >= 11 is 0. The zero-order chi connectivity index (χ0) is 11.8. The minimum Gasteiger partial charge on any atom is -0.480 e. The van der Waals surface area contributed by atoms with Gasteiger partial charge >= 0.3 is 5.97 Å². The van der Waals surface area contributed by atoms with E-state index in [2.05, 4.69) is 4.90 Å². The molecule has 0 spiro atoms. The van der Waals surface area contributed by atoms with E-state index in [1.165, 1.54) is 4.31 Å². The third kappa shape index (κ3) is 2.36. The number of carboxylic acids is 1. The van der Waals surface area contributed by atoms with Crippen molar-refractivity contribution in [2.75, 3.05) is 31.9 Å². The lowest BCUT2D eigenvalue weighted by Crippen LogP contribution is -2.52. The molecule has 2 rings (SSSR count). The molecule has 1 N–H and O–H groups in total. The molecule has 2 saturated heterocycles. The van der Waals surface area contributed by atoms with E-state index in [0.29, 0.717) is 13.1 Å². The van der Waals surface area contributed by atoms with Crippen LogP contribution in [0.4, 0.5) is 0 Å². The van der Waals surface area contributed by atoms with Crippen LogP contribution in [0, 0.1) is 0 Å². The van der Waals surface area contributed by atoms with E-state index < -0.39 is 21.7 Å². The van der Waals surface area contributed by atoms with Gasteiger partial charge in [0, 0.05) is 25.7 Å². The summed E-state index contributed by atoms with van der Waals surface area (Å²) in [4.78, 5) is 12.8. The molecular formula is C9H16N2O4S. The maximum atomic E-state index is 11.7. The molecule has 0 bridgehead atoms. The van der Waals surface area contributed by atoms with Crippen LogP contribution in [0.1, 0.15) is 12.8 Å². The number of piperazine rings is 1. The van der Waals surface area contributed by atoms with Crippen LogP contribution in [0.2, 0.25) is 0 Å². The van der Waals surface area contributed by atoms with Crippen molar-refractivity contribution >= 4 is 16.0 Å². The summed E-state index contributed by atoms with van der Waals surface area (Å²) in [6.07, 6.45) is 2.12. The maximum Gasteiger partial charge on any atom is 0.320 e. The molecule has 0 aromatic rings. The summed E-state index contributed by atoms with van der Waals surface area (Å²) in [5.74, 6) is -2.08. The summed E-state index contributed by atoms with van der Waals surface area (Å²) < 4.78 is 24.7. The maximum absolute atomic E-state index is 11.7. The Balaban J connectivity index is 2.03. The largest absolute Gasteiger partial charge is 0.480 e. The Bertz CT molecular complexity index is 381. The minimum atomic E-state index is -3.61. The number of fused-ring (bicyclic) bond motifs is 1. The van der Waals surface area contributed by atoms with Gasteiger partial charge in [-0.15, -0.1) is 0 Å². The quantitative estimate of drug-likeness (QED) is 0.706. The smallest absolute Gasteiger partial charge is 0.320 e. The molecule has 2 aliphatic rings. The molecule has 92 valence electrons. The molecule has 0 aliphatic carbocycles. The highest BCUT2D eigenvalue weighted by Crippen LogP contribution is 2.22. The highest BCUT2D eigenvalue weighted by Gasteiger charge is 2.36. The molecule has 0 amide bonds. The normalized spacial score (nSPS) is 27.9. The first-order chi connectivity index (χ1) is 7.49. The second kappa shape index (κ2) is 4.31. The summed E-state index contributed by atoms with van der Waals surface area (Å²) in [6.45, 7) is 2.64. The molecule has 1 unspecified atom stereocenters. The van der Waals surface area contributed by atoms with E-state index in [-0.39, 0.29) is 6.04 Å². The van der Waals surface area contributed by atoms with Gasteiger partial charge in [-0.05, 0) is 19.4 Å². The Morgan fingerprint density at radius 1 is 1.31 bits per heavy atom. The lowest BCUT2D eigenvalue weighted by Gasteiger charge is -2.36. The number of nitrogens with zero attached hydrogens (tertiary/aromatic N) is 2. The van der Waals surface area contributed by atoms with Crippen molar-refractivity contribution in [3.05, 3.63) is 0 Å². The van der Waals surface area contributed by atoms with Crippen molar-refractivity contribution in [2.24, 2.45) is 0 Å². The monoisotopic (exact) mass is 248 g/mol. The molecule has 6 nitrogen and oxygen atoms in total. The summed E-state index contributed by atoms with van der Waals surface area (Å²) in [5.41, 5.74) is 0.